The van der Waals surface area contributed by atoms with Crippen molar-refractivity contribution in [3.8, 4) is 11.1 Å². The van der Waals surface area contributed by atoms with Crippen LogP contribution in [0.1, 0.15) is 50.5 Å². The van der Waals surface area contributed by atoms with Gasteiger partial charge < -0.3 is 0 Å². The van der Waals surface area contributed by atoms with Gasteiger partial charge in [-0.3, -0.25) is 0 Å². The summed E-state index contributed by atoms with van der Waals surface area (Å²) < 4.78 is 28.9. The average molecular weight is 385 g/mol. The summed E-state index contributed by atoms with van der Waals surface area (Å²) in [5.41, 5.74) is 2.20. The number of rotatable bonds is 3. The van der Waals surface area contributed by atoms with E-state index in [0.29, 0.717) is 22.4 Å². The van der Waals surface area contributed by atoms with E-state index in [1.807, 2.05) is 12.1 Å². The number of hydrogen-bond acceptors (Lipinski definition) is 0. The molecule has 3 aromatic carbocycles. The molecule has 1 fully saturated rings. The lowest BCUT2D eigenvalue weighted by Crippen LogP contribution is -2.12. The van der Waals surface area contributed by atoms with Gasteiger partial charge in [-0.15, -0.1) is 0 Å². The first-order valence-electron chi connectivity index (χ1n) is 9.74. The third-order valence-corrected chi connectivity index (χ3v) is 6.41. The van der Waals surface area contributed by atoms with Gasteiger partial charge in [0.05, 0.1) is 5.02 Å². The predicted octanol–water partition coefficient (Wildman–Crippen LogP) is 8.12. The van der Waals surface area contributed by atoms with E-state index in [1.54, 1.807) is 12.1 Å². The largest absolute Gasteiger partial charge is 0.206 e. The zero-order chi connectivity index (χ0) is 19.0. The zero-order valence-corrected chi connectivity index (χ0v) is 16.2. The standard InChI is InChI=1S/C24H23ClF2/c1-2-15-3-5-16(6-4-15)17-7-10-20-18(13-17)8-11-21(24(20)27)19-9-12-22(25)23(26)14-19/h7-16H,2-6H2,1H3. The van der Waals surface area contributed by atoms with Gasteiger partial charge in [-0.2, -0.15) is 0 Å². The van der Waals surface area contributed by atoms with Crippen LogP contribution in [0.15, 0.2) is 48.5 Å². The van der Waals surface area contributed by atoms with Crippen molar-refractivity contribution in [3.05, 3.63) is 70.8 Å². The molecule has 27 heavy (non-hydrogen) atoms. The quantitative estimate of drug-likeness (QED) is 0.427. The van der Waals surface area contributed by atoms with Gasteiger partial charge in [-0.25, -0.2) is 8.78 Å². The van der Waals surface area contributed by atoms with E-state index in [0.717, 1.165) is 11.3 Å². The van der Waals surface area contributed by atoms with Crippen LogP contribution in [0.3, 0.4) is 0 Å². The molecular formula is C24H23ClF2. The van der Waals surface area contributed by atoms with Crippen molar-refractivity contribution in [1.82, 2.24) is 0 Å². The molecule has 1 saturated carbocycles. The fourth-order valence-corrected chi connectivity index (χ4v) is 4.47. The van der Waals surface area contributed by atoms with Crippen LogP contribution >= 0.6 is 11.6 Å². The summed E-state index contributed by atoms with van der Waals surface area (Å²) in [5.74, 6) is 0.592. The molecule has 140 valence electrons. The van der Waals surface area contributed by atoms with Crippen molar-refractivity contribution < 1.29 is 8.78 Å². The highest BCUT2D eigenvalue weighted by molar-refractivity contribution is 6.30. The minimum Gasteiger partial charge on any atom is -0.206 e. The molecule has 1 aliphatic carbocycles. The van der Waals surface area contributed by atoms with Crippen LogP contribution in [-0.4, -0.2) is 0 Å². The number of fused-ring (bicyclic) bond motifs is 1. The molecule has 0 amide bonds. The lowest BCUT2D eigenvalue weighted by Gasteiger charge is -2.28. The van der Waals surface area contributed by atoms with E-state index >= 15 is 4.39 Å². The summed E-state index contributed by atoms with van der Waals surface area (Å²) >= 11 is 5.74. The van der Waals surface area contributed by atoms with Crippen molar-refractivity contribution in [2.75, 3.05) is 0 Å². The van der Waals surface area contributed by atoms with E-state index in [2.05, 4.69) is 19.1 Å². The maximum Gasteiger partial charge on any atom is 0.142 e. The minimum absolute atomic E-state index is 0.0439. The fraction of sp³-hybridized carbons (Fsp3) is 0.333. The third-order valence-electron chi connectivity index (χ3n) is 6.10. The Morgan fingerprint density at radius 2 is 1.70 bits per heavy atom. The summed E-state index contributed by atoms with van der Waals surface area (Å²) in [6, 6.07) is 14.1. The van der Waals surface area contributed by atoms with Gasteiger partial charge in [0.25, 0.3) is 0 Å². The van der Waals surface area contributed by atoms with Gasteiger partial charge in [0.15, 0.2) is 0 Å². The molecule has 0 saturated heterocycles. The minimum atomic E-state index is -0.535. The van der Waals surface area contributed by atoms with Crippen LogP contribution in [0.5, 0.6) is 0 Å². The van der Waals surface area contributed by atoms with Crippen molar-refractivity contribution in [2.45, 2.75) is 44.9 Å². The topological polar surface area (TPSA) is 0 Å². The predicted molar refractivity (Wildman–Crippen MR) is 109 cm³/mol. The first-order chi connectivity index (χ1) is 13.1. The van der Waals surface area contributed by atoms with Gasteiger partial charge in [0.1, 0.15) is 11.6 Å². The van der Waals surface area contributed by atoms with Gasteiger partial charge in [-0.1, -0.05) is 61.3 Å². The van der Waals surface area contributed by atoms with Crippen molar-refractivity contribution in [2.24, 2.45) is 5.92 Å². The second-order valence-corrected chi connectivity index (χ2v) is 8.07. The Morgan fingerprint density at radius 3 is 2.41 bits per heavy atom. The lowest BCUT2D eigenvalue weighted by atomic mass is 9.77. The van der Waals surface area contributed by atoms with Gasteiger partial charge in [0.2, 0.25) is 0 Å². The molecule has 3 heteroatoms. The van der Waals surface area contributed by atoms with Crippen molar-refractivity contribution in [1.29, 1.82) is 0 Å². The molecule has 0 bridgehead atoms. The van der Waals surface area contributed by atoms with Crippen LogP contribution in [0, 0.1) is 17.6 Å². The second kappa shape index (κ2) is 7.59. The SMILES string of the molecule is CCC1CCC(c2ccc3c(F)c(-c4ccc(Cl)c(F)c4)ccc3c2)CC1. The molecule has 0 spiro atoms. The van der Waals surface area contributed by atoms with Crippen LogP contribution in [-0.2, 0) is 0 Å². The van der Waals surface area contributed by atoms with E-state index in [9.17, 15) is 4.39 Å². The normalized spacial score (nSPS) is 20.1. The smallest absolute Gasteiger partial charge is 0.142 e. The summed E-state index contributed by atoms with van der Waals surface area (Å²) in [5, 5.41) is 1.53. The highest BCUT2D eigenvalue weighted by Gasteiger charge is 2.22. The highest BCUT2D eigenvalue weighted by atomic mass is 35.5. The lowest BCUT2D eigenvalue weighted by molar-refractivity contribution is 0.319. The summed E-state index contributed by atoms with van der Waals surface area (Å²) in [7, 11) is 0. The Balaban J connectivity index is 1.67. The molecule has 0 aromatic heterocycles. The van der Waals surface area contributed by atoms with Crippen molar-refractivity contribution >= 4 is 22.4 Å². The molecule has 0 N–H and O–H groups in total. The first-order valence-corrected chi connectivity index (χ1v) is 10.1. The Kier molecular flexibility index (Phi) is 5.19. The highest BCUT2D eigenvalue weighted by Crippen LogP contribution is 2.38. The Bertz CT molecular complexity index is 972. The Hall–Kier alpha value is -1.93. The summed E-state index contributed by atoms with van der Waals surface area (Å²) in [6.45, 7) is 2.27. The molecule has 0 nitrogen and oxygen atoms in total. The maximum absolute atomic E-state index is 15.1. The van der Waals surface area contributed by atoms with Crippen LogP contribution < -0.4 is 0 Å². The summed E-state index contributed by atoms with van der Waals surface area (Å²) in [4.78, 5) is 0. The van der Waals surface area contributed by atoms with Crippen LogP contribution in [0.2, 0.25) is 5.02 Å². The van der Waals surface area contributed by atoms with Crippen molar-refractivity contribution in [3.63, 3.8) is 0 Å². The van der Waals surface area contributed by atoms with E-state index in [4.69, 9.17) is 11.6 Å². The average Bonchev–Trinajstić information content (AvgIpc) is 2.70. The number of halogens is 3. The summed E-state index contributed by atoms with van der Waals surface area (Å²) in [6.07, 6.45) is 6.27. The van der Waals surface area contributed by atoms with Crippen LogP contribution in [0.4, 0.5) is 8.78 Å². The van der Waals surface area contributed by atoms with E-state index in [-0.39, 0.29) is 10.8 Å². The molecule has 0 aliphatic heterocycles. The molecular weight excluding hydrogens is 362 g/mol. The van der Waals surface area contributed by atoms with Crippen LogP contribution in [0.25, 0.3) is 21.9 Å². The first kappa shape index (κ1) is 18.4. The number of benzene rings is 3. The van der Waals surface area contributed by atoms with Gasteiger partial charge in [0, 0.05) is 10.9 Å². The monoisotopic (exact) mass is 384 g/mol. The maximum atomic E-state index is 15.1. The zero-order valence-electron chi connectivity index (χ0n) is 15.4. The Morgan fingerprint density at radius 1 is 0.926 bits per heavy atom. The van der Waals surface area contributed by atoms with E-state index < -0.39 is 5.82 Å². The van der Waals surface area contributed by atoms with Gasteiger partial charge >= 0.3 is 0 Å². The second-order valence-electron chi connectivity index (χ2n) is 7.66. The number of hydrogen-bond donors (Lipinski definition) is 0. The van der Waals surface area contributed by atoms with E-state index in [1.165, 1.54) is 49.8 Å². The molecule has 1 aliphatic rings. The third kappa shape index (κ3) is 3.60. The Labute approximate surface area is 164 Å². The fourth-order valence-electron chi connectivity index (χ4n) is 4.35. The molecule has 0 radical (unpaired) electrons. The molecule has 0 heterocycles. The molecule has 3 aromatic rings. The molecule has 4 rings (SSSR count). The van der Waals surface area contributed by atoms with Gasteiger partial charge in [-0.05, 0) is 66.2 Å². The molecule has 0 atom stereocenters. The molecule has 0 unspecified atom stereocenters.